The molecular formula is C22H29N3O2S. The van der Waals surface area contributed by atoms with E-state index < -0.39 is 0 Å². The number of nitrogens with zero attached hydrogens (tertiary/aromatic N) is 2. The van der Waals surface area contributed by atoms with Crippen LogP contribution in [0.25, 0.3) is 6.08 Å². The zero-order chi connectivity index (χ0) is 20.1. The van der Waals surface area contributed by atoms with Gasteiger partial charge in [-0.25, -0.2) is 0 Å². The Bertz CT molecular complexity index is 816. The fourth-order valence-corrected chi connectivity index (χ4v) is 5.36. The summed E-state index contributed by atoms with van der Waals surface area (Å²) in [5.74, 6) is 1.01. The molecule has 0 aromatic carbocycles. The van der Waals surface area contributed by atoms with Crippen LogP contribution in [0.1, 0.15) is 32.3 Å². The molecule has 2 saturated heterocycles. The van der Waals surface area contributed by atoms with Gasteiger partial charge in [-0.2, -0.15) is 0 Å². The van der Waals surface area contributed by atoms with E-state index in [0.717, 1.165) is 29.7 Å². The number of amides is 2. The number of allylic oxidation sites excluding steroid dienone is 3. The summed E-state index contributed by atoms with van der Waals surface area (Å²) in [5.41, 5.74) is 2.17. The molecule has 0 bridgehead atoms. The first-order chi connectivity index (χ1) is 13.5. The monoisotopic (exact) mass is 399 g/mol. The molecule has 28 heavy (non-hydrogen) atoms. The maximum atomic E-state index is 12.4. The normalized spacial score (nSPS) is 21.6. The lowest BCUT2D eigenvalue weighted by Gasteiger charge is -2.50. The molecule has 5 nitrogen and oxygen atoms in total. The van der Waals surface area contributed by atoms with Crippen LogP contribution in [0.3, 0.4) is 0 Å². The minimum absolute atomic E-state index is 0.0338. The second-order valence-electron chi connectivity index (χ2n) is 7.45. The van der Waals surface area contributed by atoms with Crippen molar-refractivity contribution in [3.8, 4) is 0 Å². The summed E-state index contributed by atoms with van der Waals surface area (Å²) < 4.78 is 1.92. The highest BCUT2D eigenvalue weighted by Crippen LogP contribution is 2.45. The molecule has 2 fully saturated rings. The van der Waals surface area contributed by atoms with E-state index in [-0.39, 0.29) is 22.6 Å². The second-order valence-corrected chi connectivity index (χ2v) is 8.96. The summed E-state index contributed by atoms with van der Waals surface area (Å²) in [6.45, 7) is 5.45. The minimum atomic E-state index is -0.0478. The van der Waals surface area contributed by atoms with Gasteiger partial charge in [0.25, 0.3) is 0 Å². The van der Waals surface area contributed by atoms with Gasteiger partial charge in [-0.15, -0.1) is 11.8 Å². The highest BCUT2D eigenvalue weighted by Gasteiger charge is 2.53. The number of aromatic nitrogens is 1. The summed E-state index contributed by atoms with van der Waals surface area (Å²) >= 11 is 1.88. The van der Waals surface area contributed by atoms with Gasteiger partial charge in [0.15, 0.2) is 0 Å². The third-order valence-corrected chi connectivity index (χ3v) is 7.03. The van der Waals surface area contributed by atoms with Crippen LogP contribution in [-0.2, 0) is 16.6 Å². The number of hydrogen-bond acceptors (Lipinski definition) is 3. The molecule has 1 N–H and O–H groups in total. The summed E-state index contributed by atoms with van der Waals surface area (Å²) in [6.07, 6.45) is 14.8. The summed E-state index contributed by atoms with van der Waals surface area (Å²) in [6, 6.07) is 2.10. The van der Waals surface area contributed by atoms with Crippen molar-refractivity contribution in [1.29, 1.82) is 0 Å². The highest BCUT2D eigenvalue weighted by atomic mass is 32.2. The molecule has 150 valence electrons. The largest absolute Gasteiger partial charge is 0.357 e. The first-order valence-corrected chi connectivity index (χ1v) is 10.8. The second kappa shape index (κ2) is 8.86. The quantitative estimate of drug-likeness (QED) is 0.591. The Morgan fingerprint density at radius 3 is 2.75 bits per heavy atom. The molecule has 0 aliphatic carbocycles. The number of rotatable bonds is 6. The average molecular weight is 400 g/mol. The molecule has 0 radical (unpaired) electrons. The smallest absolute Gasteiger partial charge is 0.246 e. The average Bonchev–Trinajstić information content (AvgIpc) is 3.25. The van der Waals surface area contributed by atoms with Crippen LogP contribution in [0.4, 0.5) is 0 Å². The van der Waals surface area contributed by atoms with Crippen molar-refractivity contribution >= 4 is 29.7 Å². The number of hydrogen-bond donors (Lipinski definition) is 1. The molecule has 2 aliphatic heterocycles. The lowest BCUT2D eigenvalue weighted by Crippen LogP contribution is -2.68. The van der Waals surface area contributed by atoms with E-state index in [1.165, 1.54) is 0 Å². The van der Waals surface area contributed by atoms with Gasteiger partial charge in [0.1, 0.15) is 0 Å². The topological polar surface area (TPSA) is 54.3 Å². The number of nitrogens with one attached hydrogen (secondary N) is 1. The third-order valence-electron chi connectivity index (χ3n) is 5.48. The molecule has 2 amide bonds. The van der Waals surface area contributed by atoms with Crippen molar-refractivity contribution in [2.75, 3.05) is 18.8 Å². The molecule has 1 aromatic heterocycles. The molecule has 3 rings (SSSR count). The maximum absolute atomic E-state index is 12.4. The predicted molar refractivity (Wildman–Crippen MR) is 116 cm³/mol. The zero-order valence-corrected chi connectivity index (χ0v) is 17.7. The van der Waals surface area contributed by atoms with Crippen molar-refractivity contribution in [3.05, 3.63) is 53.9 Å². The molecule has 1 unspecified atom stereocenters. The number of thioether (sulfide) groups is 1. The van der Waals surface area contributed by atoms with Crippen LogP contribution in [-0.4, -0.2) is 50.9 Å². The molecular weight excluding hydrogens is 370 g/mol. The fourth-order valence-electron chi connectivity index (χ4n) is 3.73. The van der Waals surface area contributed by atoms with Gasteiger partial charge in [-0.1, -0.05) is 24.6 Å². The van der Waals surface area contributed by atoms with E-state index in [1.54, 1.807) is 12.2 Å². The van der Waals surface area contributed by atoms with Crippen LogP contribution in [0, 0.1) is 0 Å². The molecule has 1 aromatic rings. The molecule has 1 spiro atoms. The Kier molecular flexibility index (Phi) is 6.50. The van der Waals surface area contributed by atoms with Gasteiger partial charge < -0.3 is 14.8 Å². The zero-order valence-electron chi connectivity index (χ0n) is 16.9. The molecule has 0 saturated carbocycles. The Hall–Kier alpha value is -2.21. The van der Waals surface area contributed by atoms with Crippen molar-refractivity contribution in [2.24, 2.45) is 7.05 Å². The van der Waals surface area contributed by atoms with E-state index in [4.69, 9.17) is 0 Å². The number of carbonyl (C=O) groups is 2. The van der Waals surface area contributed by atoms with Gasteiger partial charge in [-0.3, -0.25) is 9.59 Å². The fraction of sp³-hybridized carbons (Fsp3) is 0.455. The number of aryl methyl sites for hydroxylation is 1. The summed E-state index contributed by atoms with van der Waals surface area (Å²) in [4.78, 5) is 26.6. The van der Waals surface area contributed by atoms with Crippen LogP contribution < -0.4 is 5.32 Å². The van der Waals surface area contributed by atoms with Crippen molar-refractivity contribution < 1.29 is 9.59 Å². The SMILES string of the molecule is C/C=C(\C=C\C(=O)NC1CCSC12CN(C(=O)/C=C/c1ccn(C)c1)C2)CC. The van der Waals surface area contributed by atoms with Crippen LogP contribution >= 0.6 is 11.8 Å². The molecule has 3 heterocycles. The van der Waals surface area contributed by atoms with E-state index in [0.29, 0.717) is 13.1 Å². The van der Waals surface area contributed by atoms with E-state index >= 15 is 0 Å². The minimum Gasteiger partial charge on any atom is -0.357 e. The van der Waals surface area contributed by atoms with Crippen molar-refractivity contribution in [3.63, 3.8) is 0 Å². The molecule has 2 aliphatic rings. The van der Waals surface area contributed by atoms with Crippen molar-refractivity contribution in [2.45, 2.75) is 37.5 Å². The number of carbonyl (C=O) groups excluding carboxylic acids is 2. The van der Waals surface area contributed by atoms with Crippen LogP contribution in [0.2, 0.25) is 0 Å². The van der Waals surface area contributed by atoms with Crippen LogP contribution in [0.15, 0.2) is 48.3 Å². The first kappa shape index (κ1) is 20.5. The standard InChI is InChI=1S/C22H29N3O2S/c1-4-17(5-2)6-8-20(26)23-19-11-13-28-22(19)15-25(16-22)21(27)9-7-18-10-12-24(3)14-18/h4,6-10,12,14,19H,5,11,13,15-16H2,1-3H3,(H,23,26)/b8-6+,9-7+,17-4-. The summed E-state index contributed by atoms with van der Waals surface area (Å²) in [7, 11) is 1.96. The van der Waals surface area contributed by atoms with Gasteiger partial charge in [-0.05, 0) is 43.2 Å². The van der Waals surface area contributed by atoms with E-state index in [2.05, 4.69) is 12.2 Å². The highest BCUT2D eigenvalue weighted by molar-refractivity contribution is 8.01. The third kappa shape index (κ3) is 4.61. The van der Waals surface area contributed by atoms with E-state index in [1.807, 2.05) is 71.9 Å². The van der Waals surface area contributed by atoms with Gasteiger partial charge in [0.05, 0.1) is 4.75 Å². The van der Waals surface area contributed by atoms with Gasteiger partial charge in [0, 0.05) is 50.7 Å². The van der Waals surface area contributed by atoms with Gasteiger partial charge >= 0.3 is 0 Å². The van der Waals surface area contributed by atoms with E-state index in [9.17, 15) is 9.59 Å². The lowest BCUT2D eigenvalue weighted by molar-refractivity contribution is -0.131. The Labute approximate surface area is 171 Å². The summed E-state index contributed by atoms with van der Waals surface area (Å²) in [5, 5.41) is 3.16. The Morgan fingerprint density at radius 2 is 2.11 bits per heavy atom. The first-order valence-electron chi connectivity index (χ1n) is 9.82. The van der Waals surface area contributed by atoms with Crippen LogP contribution in [0.5, 0.6) is 0 Å². The molecule has 6 heteroatoms. The molecule has 1 atom stereocenters. The Morgan fingerprint density at radius 1 is 1.32 bits per heavy atom. The lowest BCUT2D eigenvalue weighted by atomic mass is 9.88. The Balaban J connectivity index is 1.53. The van der Waals surface area contributed by atoms with Crippen molar-refractivity contribution in [1.82, 2.24) is 14.8 Å². The maximum Gasteiger partial charge on any atom is 0.246 e. The number of likely N-dealkylation sites (tertiary alicyclic amines) is 1. The predicted octanol–water partition coefficient (Wildman–Crippen LogP) is 3.15. The van der Waals surface area contributed by atoms with Gasteiger partial charge in [0.2, 0.25) is 11.8 Å².